The third-order valence-corrected chi connectivity index (χ3v) is 4.19. The zero-order chi connectivity index (χ0) is 10.6. The predicted octanol–water partition coefficient (Wildman–Crippen LogP) is 2.27. The van der Waals surface area contributed by atoms with E-state index in [1.54, 1.807) is 0 Å². The molecule has 1 fully saturated rings. The molecule has 1 N–H and O–H groups in total. The summed E-state index contributed by atoms with van der Waals surface area (Å²) in [4.78, 5) is 2.61. The Bertz CT molecular complexity index is 157. The second kappa shape index (κ2) is 5.13. The molecule has 2 heteroatoms. The molecular formula is C12H25NO. The third kappa shape index (κ3) is 2.12. The second-order valence-corrected chi connectivity index (χ2v) is 4.57. The van der Waals surface area contributed by atoms with Crippen molar-refractivity contribution in [2.75, 3.05) is 19.7 Å². The number of nitrogens with zero attached hydrogens (tertiary/aromatic N) is 1. The molecule has 1 aliphatic heterocycles. The number of likely N-dealkylation sites (tertiary alicyclic amines) is 1. The van der Waals surface area contributed by atoms with Gasteiger partial charge in [-0.2, -0.15) is 0 Å². The quantitative estimate of drug-likeness (QED) is 0.734. The molecule has 0 spiro atoms. The molecular weight excluding hydrogens is 174 g/mol. The number of rotatable bonds is 5. The Hall–Kier alpha value is -0.0800. The first-order valence-electron chi connectivity index (χ1n) is 6.08. The summed E-state index contributed by atoms with van der Waals surface area (Å²) in [5, 5.41) is 9.14. The summed E-state index contributed by atoms with van der Waals surface area (Å²) in [7, 11) is 0. The Kier molecular flexibility index (Phi) is 4.39. The van der Waals surface area contributed by atoms with E-state index in [0.717, 1.165) is 6.54 Å². The fourth-order valence-electron chi connectivity index (χ4n) is 2.83. The van der Waals surface area contributed by atoms with Crippen LogP contribution in [0, 0.1) is 5.92 Å². The second-order valence-electron chi connectivity index (χ2n) is 4.57. The van der Waals surface area contributed by atoms with Crippen LogP contribution in [0.3, 0.4) is 0 Å². The molecule has 1 rings (SSSR count). The van der Waals surface area contributed by atoms with Gasteiger partial charge in [0.25, 0.3) is 0 Å². The maximum absolute atomic E-state index is 9.14. The van der Waals surface area contributed by atoms with Crippen molar-refractivity contribution < 1.29 is 5.11 Å². The summed E-state index contributed by atoms with van der Waals surface area (Å²) < 4.78 is 0. The third-order valence-electron chi connectivity index (χ3n) is 4.19. The highest BCUT2D eigenvalue weighted by Crippen LogP contribution is 2.32. The molecule has 84 valence electrons. The topological polar surface area (TPSA) is 23.5 Å². The molecule has 0 saturated carbocycles. The van der Waals surface area contributed by atoms with Gasteiger partial charge in [-0.3, -0.25) is 4.90 Å². The van der Waals surface area contributed by atoms with E-state index in [2.05, 4.69) is 25.7 Å². The summed E-state index contributed by atoms with van der Waals surface area (Å²) in [5.74, 6) is 0.527. The van der Waals surface area contributed by atoms with E-state index in [-0.39, 0.29) is 0 Å². The fourth-order valence-corrected chi connectivity index (χ4v) is 2.83. The van der Waals surface area contributed by atoms with Crippen LogP contribution < -0.4 is 0 Å². The molecule has 1 aliphatic rings. The molecule has 14 heavy (non-hydrogen) atoms. The van der Waals surface area contributed by atoms with Gasteiger partial charge in [-0.1, -0.05) is 20.8 Å². The lowest BCUT2D eigenvalue weighted by Crippen LogP contribution is -2.46. The van der Waals surface area contributed by atoms with Crippen molar-refractivity contribution in [3.8, 4) is 0 Å². The van der Waals surface area contributed by atoms with E-state index in [1.807, 2.05) is 0 Å². The van der Waals surface area contributed by atoms with Gasteiger partial charge < -0.3 is 5.11 Å². The van der Waals surface area contributed by atoms with Crippen molar-refractivity contribution in [2.45, 2.75) is 52.0 Å². The Labute approximate surface area is 88.3 Å². The van der Waals surface area contributed by atoms with Gasteiger partial charge in [0.15, 0.2) is 0 Å². The van der Waals surface area contributed by atoms with E-state index in [1.165, 1.54) is 32.2 Å². The lowest BCUT2D eigenvalue weighted by molar-refractivity contribution is 0.0912. The maximum atomic E-state index is 9.14. The predicted molar refractivity (Wildman–Crippen MR) is 60.4 cm³/mol. The standard InChI is InChI=1S/C12H25NO/c1-4-12(5-2,6-3)13-8-7-11(9-13)10-14/h11,14H,4-10H2,1-3H3. The first-order valence-corrected chi connectivity index (χ1v) is 6.08. The van der Waals surface area contributed by atoms with Crippen LogP contribution in [0.1, 0.15) is 46.5 Å². The summed E-state index contributed by atoms with van der Waals surface area (Å²) in [6.07, 6.45) is 4.88. The van der Waals surface area contributed by atoms with E-state index in [9.17, 15) is 0 Å². The highest BCUT2D eigenvalue weighted by molar-refractivity contribution is 4.91. The van der Waals surface area contributed by atoms with Crippen LogP contribution in [-0.4, -0.2) is 35.2 Å². The Morgan fingerprint density at radius 2 is 1.79 bits per heavy atom. The molecule has 1 atom stereocenters. The molecule has 1 saturated heterocycles. The molecule has 2 nitrogen and oxygen atoms in total. The summed E-state index contributed by atoms with van der Waals surface area (Å²) in [5.41, 5.74) is 0.407. The van der Waals surface area contributed by atoms with Crippen molar-refractivity contribution in [3.05, 3.63) is 0 Å². The molecule has 0 aromatic carbocycles. The van der Waals surface area contributed by atoms with E-state index in [4.69, 9.17) is 5.11 Å². The number of aliphatic hydroxyl groups is 1. The van der Waals surface area contributed by atoms with Crippen LogP contribution in [-0.2, 0) is 0 Å². The van der Waals surface area contributed by atoms with E-state index in [0.29, 0.717) is 18.1 Å². The molecule has 0 aromatic heterocycles. The van der Waals surface area contributed by atoms with Gasteiger partial charge in [0.1, 0.15) is 0 Å². The molecule has 0 aliphatic carbocycles. The highest BCUT2D eigenvalue weighted by atomic mass is 16.3. The van der Waals surface area contributed by atoms with Crippen LogP contribution in [0.4, 0.5) is 0 Å². The Morgan fingerprint density at radius 1 is 1.21 bits per heavy atom. The SMILES string of the molecule is CCC(CC)(CC)N1CCC(CO)C1. The molecule has 0 radical (unpaired) electrons. The van der Waals surface area contributed by atoms with Crippen LogP contribution in [0.25, 0.3) is 0 Å². The van der Waals surface area contributed by atoms with Gasteiger partial charge in [-0.05, 0) is 38.1 Å². The van der Waals surface area contributed by atoms with Gasteiger partial charge >= 0.3 is 0 Å². The molecule has 0 amide bonds. The number of hydrogen-bond acceptors (Lipinski definition) is 2. The molecule has 0 aromatic rings. The van der Waals surface area contributed by atoms with Crippen LogP contribution in [0.2, 0.25) is 0 Å². The summed E-state index contributed by atoms with van der Waals surface area (Å²) in [6.45, 7) is 9.52. The number of hydrogen-bond donors (Lipinski definition) is 1. The fraction of sp³-hybridized carbons (Fsp3) is 1.00. The van der Waals surface area contributed by atoms with Crippen LogP contribution in [0.5, 0.6) is 0 Å². The van der Waals surface area contributed by atoms with Gasteiger partial charge in [-0.25, -0.2) is 0 Å². The summed E-state index contributed by atoms with van der Waals surface area (Å²) >= 11 is 0. The van der Waals surface area contributed by atoms with Gasteiger partial charge in [0.2, 0.25) is 0 Å². The number of aliphatic hydroxyl groups excluding tert-OH is 1. The normalized spacial score (nSPS) is 24.4. The molecule has 0 bridgehead atoms. The Morgan fingerprint density at radius 3 is 2.14 bits per heavy atom. The van der Waals surface area contributed by atoms with Crippen molar-refractivity contribution in [1.82, 2.24) is 4.90 Å². The van der Waals surface area contributed by atoms with Gasteiger partial charge in [0, 0.05) is 18.7 Å². The van der Waals surface area contributed by atoms with Gasteiger partial charge in [-0.15, -0.1) is 0 Å². The first kappa shape index (κ1) is 12.0. The molecule has 1 unspecified atom stereocenters. The first-order chi connectivity index (χ1) is 6.72. The average molecular weight is 199 g/mol. The van der Waals surface area contributed by atoms with Gasteiger partial charge in [0.05, 0.1) is 0 Å². The zero-order valence-corrected chi connectivity index (χ0v) is 9.92. The van der Waals surface area contributed by atoms with Crippen molar-refractivity contribution in [3.63, 3.8) is 0 Å². The maximum Gasteiger partial charge on any atom is 0.0471 e. The molecule has 1 heterocycles. The monoisotopic (exact) mass is 199 g/mol. The average Bonchev–Trinajstić information content (AvgIpc) is 2.71. The highest BCUT2D eigenvalue weighted by Gasteiger charge is 2.36. The van der Waals surface area contributed by atoms with Crippen molar-refractivity contribution in [1.29, 1.82) is 0 Å². The van der Waals surface area contributed by atoms with Crippen LogP contribution in [0.15, 0.2) is 0 Å². The zero-order valence-electron chi connectivity index (χ0n) is 9.92. The van der Waals surface area contributed by atoms with Crippen LogP contribution >= 0.6 is 0 Å². The largest absolute Gasteiger partial charge is 0.396 e. The van der Waals surface area contributed by atoms with E-state index >= 15 is 0 Å². The summed E-state index contributed by atoms with van der Waals surface area (Å²) in [6, 6.07) is 0. The minimum atomic E-state index is 0.365. The van der Waals surface area contributed by atoms with Crippen molar-refractivity contribution >= 4 is 0 Å². The van der Waals surface area contributed by atoms with E-state index < -0.39 is 0 Å². The Balaban J connectivity index is 2.61. The minimum absolute atomic E-state index is 0.365. The lowest BCUT2D eigenvalue weighted by atomic mass is 9.88. The smallest absolute Gasteiger partial charge is 0.0471 e. The minimum Gasteiger partial charge on any atom is -0.396 e. The van der Waals surface area contributed by atoms with Crippen molar-refractivity contribution in [2.24, 2.45) is 5.92 Å². The lowest BCUT2D eigenvalue weighted by Gasteiger charge is -2.40.